The smallest absolute Gasteiger partial charge is 0.0234 e. The van der Waals surface area contributed by atoms with Crippen molar-refractivity contribution in [2.75, 3.05) is 13.1 Å². The van der Waals surface area contributed by atoms with Gasteiger partial charge in [-0.05, 0) is 30.9 Å². The summed E-state index contributed by atoms with van der Waals surface area (Å²) in [6, 6.07) is 9.05. The monoisotopic (exact) mass is 232 g/mol. The average molecular weight is 232 g/mol. The maximum Gasteiger partial charge on any atom is 0.0234 e. The van der Waals surface area contributed by atoms with E-state index < -0.39 is 0 Å². The summed E-state index contributed by atoms with van der Waals surface area (Å²) >= 11 is 0. The Labute approximate surface area is 105 Å². The van der Waals surface area contributed by atoms with Gasteiger partial charge in [0.1, 0.15) is 0 Å². The molecule has 1 atom stereocenters. The molecule has 0 spiro atoms. The summed E-state index contributed by atoms with van der Waals surface area (Å²) in [5, 5.41) is 0. The van der Waals surface area contributed by atoms with Gasteiger partial charge >= 0.3 is 0 Å². The van der Waals surface area contributed by atoms with Crippen LogP contribution < -0.4 is 5.73 Å². The first-order valence-corrected chi connectivity index (χ1v) is 6.51. The molecule has 94 valence electrons. The highest BCUT2D eigenvalue weighted by molar-refractivity contribution is 5.22. The number of hydrogen-bond donors (Lipinski definition) is 1. The molecule has 2 N–H and O–H groups in total. The summed E-state index contributed by atoms with van der Waals surface area (Å²) in [4.78, 5) is 2.48. The zero-order chi connectivity index (χ0) is 12.5. The minimum atomic E-state index is 0.293. The Morgan fingerprint density at radius 3 is 2.82 bits per heavy atom. The molecule has 0 saturated carbocycles. The molecule has 17 heavy (non-hydrogen) atoms. The molecule has 1 aromatic rings. The van der Waals surface area contributed by atoms with E-state index in [0.717, 1.165) is 19.6 Å². The van der Waals surface area contributed by atoms with Crippen LogP contribution in [0, 0.1) is 12.3 Å². The summed E-state index contributed by atoms with van der Waals surface area (Å²) in [5.74, 6) is 0. The maximum absolute atomic E-state index is 6.24. The van der Waals surface area contributed by atoms with E-state index in [2.05, 4.69) is 49.9 Å². The molecule has 0 radical (unpaired) electrons. The van der Waals surface area contributed by atoms with Crippen molar-refractivity contribution in [2.24, 2.45) is 11.1 Å². The van der Waals surface area contributed by atoms with E-state index in [9.17, 15) is 0 Å². The highest BCUT2D eigenvalue weighted by Crippen LogP contribution is 2.29. The van der Waals surface area contributed by atoms with Gasteiger partial charge in [0.05, 0.1) is 0 Å². The Hall–Kier alpha value is -0.860. The van der Waals surface area contributed by atoms with Gasteiger partial charge in [-0.25, -0.2) is 0 Å². The van der Waals surface area contributed by atoms with Crippen molar-refractivity contribution in [3.05, 3.63) is 35.4 Å². The number of nitrogens with zero attached hydrogens (tertiary/aromatic N) is 1. The molecule has 2 rings (SSSR count). The Balaban J connectivity index is 1.97. The third-order valence-electron chi connectivity index (χ3n) is 4.02. The maximum atomic E-state index is 6.24. The summed E-state index contributed by atoms with van der Waals surface area (Å²) in [7, 11) is 0. The van der Waals surface area contributed by atoms with Crippen LogP contribution in [0.3, 0.4) is 0 Å². The van der Waals surface area contributed by atoms with Gasteiger partial charge in [-0.3, -0.25) is 4.90 Å². The van der Waals surface area contributed by atoms with Gasteiger partial charge in [-0.2, -0.15) is 0 Å². The van der Waals surface area contributed by atoms with E-state index in [4.69, 9.17) is 5.73 Å². The molecule has 1 heterocycles. The van der Waals surface area contributed by atoms with Gasteiger partial charge in [-0.15, -0.1) is 0 Å². The first-order valence-electron chi connectivity index (χ1n) is 6.51. The zero-order valence-electron chi connectivity index (χ0n) is 11.2. The van der Waals surface area contributed by atoms with Gasteiger partial charge in [0, 0.05) is 19.1 Å². The number of hydrogen-bond acceptors (Lipinski definition) is 2. The topological polar surface area (TPSA) is 29.3 Å². The quantitative estimate of drug-likeness (QED) is 0.849. The molecule has 1 aromatic carbocycles. The van der Waals surface area contributed by atoms with Gasteiger partial charge in [0.15, 0.2) is 0 Å². The van der Waals surface area contributed by atoms with Crippen LogP contribution in [0.5, 0.6) is 0 Å². The second-order valence-electron chi connectivity index (χ2n) is 6.07. The lowest BCUT2D eigenvalue weighted by molar-refractivity contribution is 0.101. The fourth-order valence-corrected chi connectivity index (χ4v) is 2.46. The molecule has 1 aliphatic heterocycles. The lowest BCUT2D eigenvalue weighted by Crippen LogP contribution is -2.52. The van der Waals surface area contributed by atoms with Crippen molar-refractivity contribution in [3.63, 3.8) is 0 Å². The van der Waals surface area contributed by atoms with E-state index >= 15 is 0 Å². The number of rotatable bonds is 2. The van der Waals surface area contributed by atoms with E-state index in [-0.39, 0.29) is 0 Å². The molecular weight excluding hydrogens is 208 g/mol. The van der Waals surface area contributed by atoms with Crippen molar-refractivity contribution < 1.29 is 0 Å². The Bertz CT molecular complexity index is 384. The Morgan fingerprint density at radius 2 is 2.18 bits per heavy atom. The number of benzene rings is 1. The minimum Gasteiger partial charge on any atom is -0.326 e. The predicted octanol–water partition coefficient (Wildman–Crippen LogP) is 2.55. The van der Waals surface area contributed by atoms with Gasteiger partial charge in [0.25, 0.3) is 0 Å². The van der Waals surface area contributed by atoms with Crippen molar-refractivity contribution in [1.82, 2.24) is 4.90 Å². The van der Waals surface area contributed by atoms with Crippen LogP contribution in [0.4, 0.5) is 0 Å². The van der Waals surface area contributed by atoms with Crippen molar-refractivity contribution >= 4 is 0 Å². The zero-order valence-corrected chi connectivity index (χ0v) is 11.2. The molecule has 0 bridgehead atoms. The summed E-state index contributed by atoms with van der Waals surface area (Å²) < 4.78 is 0. The van der Waals surface area contributed by atoms with E-state index in [0.29, 0.717) is 11.5 Å². The van der Waals surface area contributed by atoms with Crippen molar-refractivity contribution in [3.8, 4) is 0 Å². The van der Waals surface area contributed by atoms with Crippen molar-refractivity contribution in [2.45, 2.75) is 39.8 Å². The molecular formula is C15H24N2. The highest BCUT2D eigenvalue weighted by atomic mass is 15.1. The van der Waals surface area contributed by atoms with Crippen LogP contribution in [-0.4, -0.2) is 24.0 Å². The molecule has 1 saturated heterocycles. The number of piperidine rings is 1. The van der Waals surface area contributed by atoms with Crippen molar-refractivity contribution in [1.29, 1.82) is 0 Å². The third-order valence-corrected chi connectivity index (χ3v) is 4.02. The predicted molar refractivity (Wildman–Crippen MR) is 72.8 cm³/mol. The molecule has 1 unspecified atom stereocenters. The summed E-state index contributed by atoms with van der Waals surface area (Å²) in [6.45, 7) is 9.92. The second-order valence-corrected chi connectivity index (χ2v) is 6.07. The first-order chi connectivity index (χ1) is 7.97. The van der Waals surface area contributed by atoms with E-state index in [1.165, 1.54) is 17.5 Å². The standard InChI is InChI=1S/C15H24N2/c1-12-5-4-6-13(9-12)10-17-8-7-15(2,3)14(16)11-17/h4-6,9,14H,7-8,10-11,16H2,1-3H3. The van der Waals surface area contributed by atoms with Gasteiger partial charge in [0.2, 0.25) is 0 Å². The first kappa shape index (κ1) is 12.6. The van der Waals surface area contributed by atoms with E-state index in [1.807, 2.05) is 0 Å². The third kappa shape index (κ3) is 3.08. The lowest BCUT2D eigenvalue weighted by Gasteiger charge is -2.42. The minimum absolute atomic E-state index is 0.293. The fraction of sp³-hybridized carbons (Fsp3) is 0.600. The molecule has 0 aliphatic carbocycles. The largest absolute Gasteiger partial charge is 0.326 e. The average Bonchev–Trinajstić information content (AvgIpc) is 2.24. The van der Waals surface area contributed by atoms with Crippen LogP contribution in [0.1, 0.15) is 31.4 Å². The number of nitrogens with two attached hydrogens (primary N) is 1. The lowest BCUT2D eigenvalue weighted by atomic mass is 9.78. The second kappa shape index (κ2) is 4.79. The summed E-state index contributed by atoms with van der Waals surface area (Å²) in [5.41, 5.74) is 9.28. The molecule has 0 amide bonds. The molecule has 1 fully saturated rings. The molecule has 2 heteroatoms. The molecule has 1 aliphatic rings. The van der Waals surface area contributed by atoms with Gasteiger partial charge < -0.3 is 5.73 Å². The van der Waals surface area contributed by atoms with E-state index in [1.54, 1.807) is 0 Å². The normalized spacial score (nSPS) is 24.8. The van der Waals surface area contributed by atoms with Crippen LogP contribution >= 0.6 is 0 Å². The van der Waals surface area contributed by atoms with Crippen LogP contribution in [0.25, 0.3) is 0 Å². The molecule has 2 nitrogen and oxygen atoms in total. The fourth-order valence-electron chi connectivity index (χ4n) is 2.46. The van der Waals surface area contributed by atoms with Gasteiger partial charge in [-0.1, -0.05) is 43.7 Å². The highest BCUT2D eigenvalue weighted by Gasteiger charge is 2.32. The van der Waals surface area contributed by atoms with Crippen LogP contribution in [0.2, 0.25) is 0 Å². The number of likely N-dealkylation sites (tertiary alicyclic amines) is 1. The number of aryl methyl sites for hydroxylation is 1. The Morgan fingerprint density at radius 1 is 1.41 bits per heavy atom. The SMILES string of the molecule is Cc1cccc(CN2CCC(C)(C)C(N)C2)c1. The van der Waals surface area contributed by atoms with Crippen LogP contribution in [-0.2, 0) is 6.54 Å². The summed E-state index contributed by atoms with van der Waals surface area (Å²) in [6.07, 6.45) is 1.19. The van der Waals surface area contributed by atoms with Crippen LogP contribution in [0.15, 0.2) is 24.3 Å². The molecule has 0 aromatic heterocycles. The Kier molecular flexibility index (Phi) is 3.55.